The predicted molar refractivity (Wildman–Crippen MR) is 65.6 cm³/mol. The Balaban J connectivity index is 2.00. The maximum absolute atomic E-state index is 12.0. The van der Waals surface area contributed by atoms with Crippen LogP contribution in [0.2, 0.25) is 0 Å². The van der Waals surface area contributed by atoms with Gasteiger partial charge < -0.3 is 10.2 Å². The molecule has 0 spiro atoms. The van der Waals surface area contributed by atoms with Crippen LogP contribution in [0.1, 0.15) is 32.6 Å². The summed E-state index contributed by atoms with van der Waals surface area (Å²) >= 11 is 0. The van der Waals surface area contributed by atoms with Gasteiger partial charge in [0.15, 0.2) is 9.84 Å². The van der Waals surface area contributed by atoms with Crippen molar-refractivity contribution in [2.24, 2.45) is 0 Å². The molecule has 1 atom stereocenters. The van der Waals surface area contributed by atoms with Gasteiger partial charge in [-0.3, -0.25) is 0 Å². The molecule has 0 bridgehead atoms. The van der Waals surface area contributed by atoms with E-state index in [-0.39, 0.29) is 29.6 Å². The SMILES string of the molecule is CCCNC(=O)N(C1CC1)C1CCS(=O)(=O)C1. The molecular formula is C11H20N2O3S. The second-order valence-electron chi connectivity index (χ2n) is 4.93. The fourth-order valence-corrected chi connectivity index (χ4v) is 4.01. The number of urea groups is 1. The van der Waals surface area contributed by atoms with Gasteiger partial charge in [0.25, 0.3) is 0 Å². The Kier molecular flexibility index (Phi) is 3.61. The fraction of sp³-hybridized carbons (Fsp3) is 0.909. The molecule has 0 radical (unpaired) electrons. The van der Waals surface area contributed by atoms with Gasteiger partial charge in [0.1, 0.15) is 0 Å². The van der Waals surface area contributed by atoms with E-state index in [1.54, 1.807) is 4.90 Å². The Morgan fingerprint density at radius 3 is 2.47 bits per heavy atom. The molecule has 17 heavy (non-hydrogen) atoms. The molecule has 1 heterocycles. The second kappa shape index (κ2) is 4.84. The molecule has 0 aromatic rings. The topological polar surface area (TPSA) is 66.5 Å². The summed E-state index contributed by atoms with van der Waals surface area (Å²) in [6.45, 7) is 2.66. The molecule has 2 fully saturated rings. The van der Waals surface area contributed by atoms with Gasteiger partial charge in [0.2, 0.25) is 0 Å². The highest BCUT2D eigenvalue weighted by atomic mass is 32.2. The summed E-state index contributed by atoms with van der Waals surface area (Å²) < 4.78 is 22.9. The number of nitrogens with one attached hydrogen (secondary N) is 1. The summed E-state index contributed by atoms with van der Waals surface area (Å²) in [5.74, 6) is 0.366. The molecule has 0 aromatic heterocycles. The summed E-state index contributed by atoms with van der Waals surface area (Å²) in [6, 6.07) is 0.0750. The van der Waals surface area contributed by atoms with Crippen LogP contribution < -0.4 is 5.32 Å². The molecule has 1 N–H and O–H groups in total. The average molecular weight is 260 g/mol. The molecule has 1 unspecified atom stereocenters. The van der Waals surface area contributed by atoms with Gasteiger partial charge in [-0.15, -0.1) is 0 Å². The van der Waals surface area contributed by atoms with E-state index in [0.29, 0.717) is 13.0 Å². The Hall–Kier alpha value is -0.780. The first-order valence-electron chi connectivity index (χ1n) is 6.30. The largest absolute Gasteiger partial charge is 0.338 e. The van der Waals surface area contributed by atoms with Crippen LogP contribution in [-0.2, 0) is 9.84 Å². The molecule has 6 heteroatoms. The minimum Gasteiger partial charge on any atom is -0.338 e. The first kappa shape index (κ1) is 12.7. The summed E-state index contributed by atoms with van der Waals surface area (Å²) in [4.78, 5) is 13.8. The van der Waals surface area contributed by atoms with Gasteiger partial charge in [0.05, 0.1) is 11.5 Å². The van der Waals surface area contributed by atoms with E-state index >= 15 is 0 Å². The summed E-state index contributed by atoms with van der Waals surface area (Å²) in [6.07, 6.45) is 3.51. The first-order chi connectivity index (χ1) is 8.03. The summed E-state index contributed by atoms with van der Waals surface area (Å²) in [5.41, 5.74) is 0. The first-order valence-corrected chi connectivity index (χ1v) is 8.12. The third-order valence-corrected chi connectivity index (χ3v) is 5.05. The quantitative estimate of drug-likeness (QED) is 0.811. The van der Waals surface area contributed by atoms with E-state index in [0.717, 1.165) is 19.3 Å². The molecule has 2 amide bonds. The van der Waals surface area contributed by atoms with Crippen LogP contribution in [-0.4, -0.2) is 49.5 Å². The lowest BCUT2D eigenvalue weighted by atomic mass is 10.2. The van der Waals surface area contributed by atoms with E-state index in [1.165, 1.54) is 0 Å². The number of hydrogen-bond donors (Lipinski definition) is 1. The van der Waals surface area contributed by atoms with Crippen LogP contribution >= 0.6 is 0 Å². The van der Waals surface area contributed by atoms with Crippen molar-refractivity contribution in [2.75, 3.05) is 18.1 Å². The number of hydrogen-bond acceptors (Lipinski definition) is 3. The smallest absolute Gasteiger partial charge is 0.317 e. The summed E-state index contributed by atoms with van der Waals surface area (Å²) in [5, 5.41) is 2.85. The molecule has 2 aliphatic rings. The minimum atomic E-state index is -2.92. The van der Waals surface area contributed by atoms with Crippen LogP contribution in [0.15, 0.2) is 0 Å². The maximum Gasteiger partial charge on any atom is 0.317 e. The molecule has 2 rings (SSSR count). The van der Waals surface area contributed by atoms with Gasteiger partial charge in [-0.2, -0.15) is 0 Å². The van der Waals surface area contributed by atoms with Crippen molar-refractivity contribution in [3.63, 3.8) is 0 Å². The Morgan fingerprint density at radius 2 is 2.00 bits per heavy atom. The van der Waals surface area contributed by atoms with E-state index < -0.39 is 9.84 Å². The molecular weight excluding hydrogens is 240 g/mol. The van der Waals surface area contributed by atoms with Crippen LogP contribution in [0.5, 0.6) is 0 Å². The molecule has 0 aromatic carbocycles. The van der Waals surface area contributed by atoms with E-state index in [4.69, 9.17) is 0 Å². The zero-order chi connectivity index (χ0) is 12.5. The lowest BCUT2D eigenvalue weighted by molar-refractivity contribution is 0.176. The van der Waals surface area contributed by atoms with E-state index in [1.807, 2.05) is 6.92 Å². The highest BCUT2D eigenvalue weighted by molar-refractivity contribution is 7.91. The molecule has 1 aliphatic carbocycles. The molecule has 1 aliphatic heterocycles. The lowest BCUT2D eigenvalue weighted by Crippen LogP contribution is -2.48. The number of sulfone groups is 1. The third kappa shape index (κ3) is 3.12. The number of nitrogens with zero attached hydrogens (tertiary/aromatic N) is 1. The monoisotopic (exact) mass is 260 g/mol. The molecule has 98 valence electrons. The zero-order valence-corrected chi connectivity index (χ0v) is 11.0. The highest BCUT2D eigenvalue weighted by Crippen LogP contribution is 2.32. The highest BCUT2D eigenvalue weighted by Gasteiger charge is 2.41. The van der Waals surface area contributed by atoms with Crippen LogP contribution in [0, 0.1) is 0 Å². The number of carbonyl (C=O) groups is 1. The normalized spacial score (nSPS) is 26.8. The average Bonchev–Trinajstić information content (AvgIpc) is 3.01. The van der Waals surface area contributed by atoms with Crippen LogP contribution in [0.4, 0.5) is 4.79 Å². The standard InChI is InChI=1S/C11H20N2O3S/c1-2-6-12-11(14)13(9-3-4-9)10-5-7-17(15,16)8-10/h9-10H,2-8H2,1H3,(H,12,14). The van der Waals surface area contributed by atoms with E-state index in [9.17, 15) is 13.2 Å². The van der Waals surface area contributed by atoms with Gasteiger partial charge in [-0.05, 0) is 25.7 Å². The summed E-state index contributed by atoms with van der Waals surface area (Å²) in [7, 11) is -2.92. The van der Waals surface area contributed by atoms with Crippen molar-refractivity contribution in [2.45, 2.75) is 44.7 Å². The van der Waals surface area contributed by atoms with Crippen molar-refractivity contribution < 1.29 is 13.2 Å². The van der Waals surface area contributed by atoms with Crippen molar-refractivity contribution in [3.8, 4) is 0 Å². The number of carbonyl (C=O) groups excluding carboxylic acids is 1. The van der Waals surface area contributed by atoms with Gasteiger partial charge in [-0.1, -0.05) is 6.92 Å². The van der Waals surface area contributed by atoms with E-state index in [2.05, 4.69) is 5.32 Å². The van der Waals surface area contributed by atoms with Crippen molar-refractivity contribution in [3.05, 3.63) is 0 Å². The van der Waals surface area contributed by atoms with Gasteiger partial charge >= 0.3 is 6.03 Å². The second-order valence-corrected chi connectivity index (χ2v) is 7.16. The Labute approximate surface area is 102 Å². The minimum absolute atomic E-state index is 0.0866. The predicted octanol–water partition coefficient (Wildman–Crippen LogP) is 0.758. The molecule has 1 saturated heterocycles. The number of amides is 2. The lowest BCUT2D eigenvalue weighted by Gasteiger charge is -2.28. The van der Waals surface area contributed by atoms with Crippen molar-refractivity contribution >= 4 is 15.9 Å². The molecule has 1 saturated carbocycles. The van der Waals surface area contributed by atoms with Crippen molar-refractivity contribution in [1.82, 2.24) is 10.2 Å². The number of rotatable bonds is 4. The zero-order valence-electron chi connectivity index (χ0n) is 10.2. The van der Waals surface area contributed by atoms with Crippen molar-refractivity contribution in [1.29, 1.82) is 0 Å². The van der Waals surface area contributed by atoms with Gasteiger partial charge in [-0.25, -0.2) is 13.2 Å². The third-order valence-electron chi connectivity index (χ3n) is 3.30. The van der Waals surface area contributed by atoms with Gasteiger partial charge in [0, 0.05) is 18.6 Å². The van der Waals surface area contributed by atoms with Crippen LogP contribution in [0.25, 0.3) is 0 Å². The Morgan fingerprint density at radius 1 is 1.29 bits per heavy atom. The fourth-order valence-electron chi connectivity index (χ4n) is 2.30. The van der Waals surface area contributed by atoms with Crippen LogP contribution in [0.3, 0.4) is 0 Å². The maximum atomic E-state index is 12.0. The molecule has 5 nitrogen and oxygen atoms in total. The Bertz CT molecular complexity index is 390.